The minimum Gasteiger partial charge on any atom is -0.496 e. The van der Waals surface area contributed by atoms with Crippen LogP contribution in [0.4, 0.5) is 4.39 Å². The Kier molecular flexibility index (Phi) is 6.65. The second kappa shape index (κ2) is 9.17. The zero-order valence-corrected chi connectivity index (χ0v) is 16.7. The van der Waals surface area contributed by atoms with Gasteiger partial charge < -0.3 is 15.0 Å². The van der Waals surface area contributed by atoms with E-state index in [1.54, 1.807) is 31.2 Å². The van der Waals surface area contributed by atoms with E-state index in [9.17, 15) is 9.18 Å². The van der Waals surface area contributed by atoms with Crippen molar-refractivity contribution in [2.45, 2.75) is 19.0 Å². The number of methoxy groups -OCH3 is 1. The number of carbonyl (C=O) groups is 1. The third-order valence-corrected chi connectivity index (χ3v) is 5.52. The summed E-state index contributed by atoms with van der Waals surface area (Å²) >= 11 is 0. The number of hydrogen-bond acceptors (Lipinski definition) is 4. The fourth-order valence-electron chi connectivity index (χ4n) is 3.65. The molecule has 1 aliphatic rings. The summed E-state index contributed by atoms with van der Waals surface area (Å²) in [6.07, 6.45) is 0. The summed E-state index contributed by atoms with van der Waals surface area (Å²) in [6, 6.07) is 14.2. The average molecular weight is 385 g/mol. The first-order valence-corrected chi connectivity index (χ1v) is 9.60. The van der Waals surface area contributed by atoms with Crippen LogP contribution in [0.1, 0.15) is 30.1 Å². The molecule has 2 aromatic carbocycles. The molecule has 0 aromatic heterocycles. The summed E-state index contributed by atoms with van der Waals surface area (Å²) in [5.74, 6) is 0.603. The Morgan fingerprint density at radius 2 is 2.00 bits per heavy atom. The van der Waals surface area contributed by atoms with Crippen molar-refractivity contribution in [3.05, 3.63) is 65.5 Å². The Hall–Kier alpha value is -2.44. The van der Waals surface area contributed by atoms with Crippen molar-refractivity contribution >= 4 is 5.91 Å². The van der Waals surface area contributed by atoms with Crippen molar-refractivity contribution in [1.29, 1.82) is 0 Å². The van der Waals surface area contributed by atoms with Gasteiger partial charge in [0, 0.05) is 32.2 Å². The molecule has 150 valence electrons. The quantitative estimate of drug-likeness (QED) is 0.830. The van der Waals surface area contributed by atoms with Gasteiger partial charge in [-0.3, -0.25) is 9.69 Å². The first-order chi connectivity index (χ1) is 13.5. The summed E-state index contributed by atoms with van der Waals surface area (Å²) in [4.78, 5) is 16.9. The number of ether oxygens (including phenoxy) is 1. The van der Waals surface area contributed by atoms with Gasteiger partial charge in [-0.25, -0.2) is 4.39 Å². The van der Waals surface area contributed by atoms with Crippen molar-refractivity contribution in [2.75, 3.05) is 40.3 Å². The maximum atomic E-state index is 13.2. The van der Waals surface area contributed by atoms with Crippen molar-refractivity contribution in [2.24, 2.45) is 0 Å². The highest BCUT2D eigenvalue weighted by Gasteiger charge is 2.29. The Morgan fingerprint density at radius 3 is 2.71 bits per heavy atom. The minimum absolute atomic E-state index is 0.0404. The predicted octanol–water partition coefficient (Wildman–Crippen LogP) is 3.00. The molecule has 1 N–H and O–H groups in total. The molecule has 1 heterocycles. The number of nitrogens with one attached hydrogen (secondary N) is 1. The first kappa shape index (κ1) is 20.3. The highest BCUT2D eigenvalue weighted by molar-refractivity contribution is 5.78. The Morgan fingerprint density at radius 1 is 1.29 bits per heavy atom. The normalized spacial score (nSPS) is 18.5. The van der Waals surface area contributed by atoms with Gasteiger partial charge >= 0.3 is 0 Å². The molecule has 2 aromatic rings. The van der Waals surface area contributed by atoms with Crippen LogP contribution in [0.25, 0.3) is 0 Å². The lowest BCUT2D eigenvalue weighted by Crippen LogP contribution is -2.50. The molecule has 6 heteroatoms. The zero-order chi connectivity index (χ0) is 20.1. The molecule has 28 heavy (non-hydrogen) atoms. The van der Waals surface area contributed by atoms with Crippen molar-refractivity contribution in [3.8, 4) is 5.75 Å². The second-order valence-corrected chi connectivity index (χ2v) is 7.16. The molecule has 0 aliphatic carbocycles. The molecule has 1 saturated heterocycles. The minimum atomic E-state index is -0.273. The highest BCUT2D eigenvalue weighted by atomic mass is 19.1. The van der Waals surface area contributed by atoms with Gasteiger partial charge in [0.2, 0.25) is 5.91 Å². The molecule has 1 aliphatic heterocycles. The van der Waals surface area contributed by atoms with Crippen LogP contribution in [0.3, 0.4) is 0 Å². The second-order valence-electron chi connectivity index (χ2n) is 7.16. The van der Waals surface area contributed by atoms with Gasteiger partial charge in [-0.15, -0.1) is 0 Å². The number of amides is 1. The zero-order valence-electron chi connectivity index (χ0n) is 16.7. The third-order valence-electron chi connectivity index (χ3n) is 5.52. The Labute approximate surface area is 166 Å². The Balaban J connectivity index is 1.72. The van der Waals surface area contributed by atoms with Gasteiger partial charge in [0.25, 0.3) is 0 Å². The van der Waals surface area contributed by atoms with Crippen LogP contribution in [0.15, 0.2) is 48.5 Å². The number of carbonyl (C=O) groups excluding carboxylic acids is 1. The molecule has 0 saturated carbocycles. The van der Waals surface area contributed by atoms with Gasteiger partial charge in [0.05, 0.1) is 25.7 Å². The summed E-state index contributed by atoms with van der Waals surface area (Å²) < 4.78 is 18.7. The smallest absolute Gasteiger partial charge is 0.237 e. The van der Waals surface area contributed by atoms with Crippen LogP contribution in [-0.4, -0.2) is 56.0 Å². The summed E-state index contributed by atoms with van der Waals surface area (Å²) in [5.41, 5.74) is 2.00. The molecule has 2 atom stereocenters. The maximum Gasteiger partial charge on any atom is 0.237 e. The summed E-state index contributed by atoms with van der Waals surface area (Å²) in [6.45, 7) is 4.68. The third kappa shape index (κ3) is 4.51. The SMILES string of the molecule is COc1ccccc1C1CNCCN1CC(=O)N(C)C(C)c1ccc(F)cc1. The van der Waals surface area contributed by atoms with Gasteiger partial charge in [0.1, 0.15) is 11.6 Å². The molecule has 3 rings (SSSR count). The molecule has 1 amide bonds. The summed E-state index contributed by atoms with van der Waals surface area (Å²) in [5, 5.41) is 3.41. The lowest BCUT2D eigenvalue weighted by Gasteiger charge is -2.38. The molecule has 0 radical (unpaired) electrons. The lowest BCUT2D eigenvalue weighted by molar-refractivity contribution is -0.133. The van der Waals surface area contributed by atoms with E-state index in [-0.39, 0.29) is 23.8 Å². The van der Waals surface area contributed by atoms with Gasteiger partial charge in [-0.1, -0.05) is 30.3 Å². The molecule has 5 nitrogen and oxygen atoms in total. The molecule has 1 fully saturated rings. The van der Waals surface area contributed by atoms with Crippen LogP contribution in [0.5, 0.6) is 5.75 Å². The van der Waals surface area contributed by atoms with Gasteiger partial charge in [-0.2, -0.15) is 0 Å². The van der Waals surface area contributed by atoms with Crippen LogP contribution in [0, 0.1) is 5.82 Å². The molecule has 2 unspecified atom stereocenters. The van der Waals surface area contributed by atoms with E-state index in [0.717, 1.165) is 36.5 Å². The largest absolute Gasteiger partial charge is 0.496 e. The van der Waals surface area contributed by atoms with Crippen LogP contribution >= 0.6 is 0 Å². The highest BCUT2D eigenvalue weighted by Crippen LogP contribution is 2.30. The van der Waals surface area contributed by atoms with E-state index >= 15 is 0 Å². The topological polar surface area (TPSA) is 44.8 Å². The molecular weight excluding hydrogens is 357 g/mol. The van der Waals surface area contributed by atoms with E-state index < -0.39 is 0 Å². The molecule has 0 spiro atoms. The number of likely N-dealkylation sites (N-methyl/N-ethyl adjacent to an activating group) is 1. The number of hydrogen-bond donors (Lipinski definition) is 1. The fourth-order valence-corrected chi connectivity index (χ4v) is 3.65. The monoisotopic (exact) mass is 385 g/mol. The van der Waals surface area contributed by atoms with Crippen LogP contribution < -0.4 is 10.1 Å². The van der Waals surface area contributed by atoms with E-state index in [1.807, 2.05) is 25.1 Å². The summed E-state index contributed by atoms with van der Waals surface area (Å²) in [7, 11) is 3.47. The average Bonchev–Trinajstić information content (AvgIpc) is 2.73. The standard InChI is InChI=1S/C22H28FN3O2/c1-16(17-8-10-18(23)11-9-17)25(2)22(27)15-26-13-12-24-14-20(26)19-6-4-5-7-21(19)28-3/h4-11,16,20,24H,12-15H2,1-3H3. The lowest BCUT2D eigenvalue weighted by atomic mass is 10.0. The molecule has 0 bridgehead atoms. The predicted molar refractivity (Wildman–Crippen MR) is 108 cm³/mol. The molecular formula is C22H28FN3O2. The number of piperazine rings is 1. The Bertz CT molecular complexity index is 797. The van der Waals surface area contributed by atoms with Crippen molar-refractivity contribution in [3.63, 3.8) is 0 Å². The van der Waals surface area contributed by atoms with Crippen molar-refractivity contribution < 1.29 is 13.9 Å². The van der Waals surface area contributed by atoms with Gasteiger partial charge in [0.15, 0.2) is 0 Å². The number of benzene rings is 2. The number of nitrogens with zero attached hydrogens (tertiary/aromatic N) is 2. The maximum absolute atomic E-state index is 13.2. The number of halogens is 1. The number of rotatable bonds is 6. The fraction of sp³-hybridized carbons (Fsp3) is 0.409. The van der Waals surface area contributed by atoms with E-state index in [4.69, 9.17) is 4.74 Å². The van der Waals surface area contributed by atoms with Crippen LogP contribution in [-0.2, 0) is 4.79 Å². The first-order valence-electron chi connectivity index (χ1n) is 9.60. The van der Waals surface area contributed by atoms with E-state index in [2.05, 4.69) is 16.3 Å². The van der Waals surface area contributed by atoms with E-state index in [0.29, 0.717) is 6.54 Å². The van der Waals surface area contributed by atoms with E-state index in [1.165, 1.54) is 12.1 Å². The van der Waals surface area contributed by atoms with Gasteiger partial charge in [-0.05, 0) is 30.7 Å². The number of para-hydroxylation sites is 1. The van der Waals surface area contributed by atoms with Crippen molar-refractivity contribution in [1.82, 2.24) is 15.1 Å². The van der Waals surface area contributed by atoms with Crippen LogP contribution in [0.2, 0.25) is 0 Å².